The van der Waals surface area contributed by atoms with Gasteiger partial charge in [-0.05, 0) is 48.2 Å². The Morgan fingerprint density at radius 3 is 2.40 bits per heavy atom. The third kappa shape index (κ3) is 3.60. The number of hydrogen-bond donors (Lipinski definition) is 1. The molecule has 3 heteroatoms. The second-order valence-electron chi connectivity index (χ2n) is 4.95. The number of aryl methyl sites for hydroxylation is 2. The fraction of sp³-hybridized carbons (Fsp3) is 0.235. The molecule has 0 aliphatic rings. The van der Waals surface area contributed by atoms with Crippen LogP contribution < -0.4 is 10.5 Å². The fourth-order valence-electron chi connectivity index (χ4n) is 2.18. The van der Waals surface area contributed by atoms with E-state index < -0.39 is 0 Å². The minimum absolute atomic E-state index is 0.237. The number of benzene rings is 2. The molecule has 0 saturated heterocycles. The van der Waals surface area contributed by atoms with Crippen LogP contribution in [0.3, 0.4) is 0 Å². The van der Waals surface area contributed by atoms with E-state index in [9.17, 15) is 4.79 Å². The molecule has 0 atom stereocenters. The van der Waals surface area contributed by atoms with Gasteiger partial charge in [0.25, 0.3) is 0 Å². The van der Waals surface area contributed by atoms with Crippen molar-refractivity contribution in [1.82, 2.24) is 0 Å². The average molecular weight is 269 g/mol. The predicted octanol–water partition coefficient (Wildman–Crippen LogP) is 2.91. The van der Waals surface area contributed by atoms with Crippen molar-refractivity contribution in [2.75, 3.05) is 0 Å². The summed E-state index contributed by atoms with van der Waals surface area (Å²) in [5.41, 5.74) is 9.71. The summed E-state index contributed by atoms with van der Waals surface area (Å²) in [6, 6.07) is 13.7. The SMILES string of the molecule is Cc1cccc(C)c1COc1cccc(CC(N)=O)c1. The molecule has 2 rings (SSSR count). The van der Waals surface area contributed by atoms with E-state index in [-0.39, 0.29) is 12.3 Å². The zero-order chi connectivity index (χ0) is 14.5. The van der Waals surface area contributed by atoms with Crippen LogP contribution in [-0.4, -0.2) is 5.91 Å². The molecule has 0 radical (unpaired) electrons. The van der Waals surface area contributed by atoms with Gasteiger partial charge in [0.1, 0.15) is 12.4 Å². The van der Waals surface area contributed by atoms with Crippen molar-refractivity contribution < 1.29 is 9.53 Å². The van der Waals surface area contributed by atoms with Crippen LogP contribution in [0.2, 0.25) is 0 Å². The van der Waals surface area contributed by atoms with Crippen LogP contribution in [0.15, 0.2) is 42.5 Å². The molecule has 0 saturated carbocycles. The molecule has 0 bridgehead atoms. The predicted molar refractivity (Wildman–Crippen MR) is 79.6 cm³/mol. The lowest BCUT2D eigenvalue weighted by molar-refractivity contribution is -0.117. The maximum atomic E-state index is 10.9. The minimum Gasteiger partial charge on any atom is -0.489 e. The summed E-state index contributed by atoms with van der Waals surface area (Å²) in [6.45, 7) is 4.68. The summed E-state index contributed by atoms with van der Waals surface area (Å²) in [5.74, 6) is 0.420. The Kier molecular flexibility index (Phi) is 4.41. The molecule has 0 unspecified atom stereocenters. The highest BCUT2D eigenvalue weighted by Gasteiger charge is 2.04. The smallest absolute Gasteiger partial charge is 0.221 e. The summed E-state index contributed by atoms with van der Waals surface area (Å²) >= 11 is 0. The Morgan fingerprint density at radius 1 is 1.10 bits per heavy atom. The van der Waals surface area contributed by atoms with Crippen LogP contribution >= 0.6 is 0 Å². The van der Waals surface area contributed by atoms with Crippen LogP contribution in [0.1, 0.15) is 22.3 Å². The Morgan fingerprint density at radius 2 is 1.75 bits per heavy atom. The highest BCUT2D eigenvalue weighted by Crippen LogP contribution is 2.19. The van der Waals surface area contributed by atoms with E-state index in [1.807, 2.05) is 30.3 Å². The largest absolute Gasteiger partial charge is 0.489 e. The van der Waals surface area contributed by atoms with E-state index in [1.54, 1.807) is 0 Å². The number of carbonyl (C=O) groups excluding carboxylic acids is 1. The average Bonchev–Trinajstić information content (AvgIpc) is 2.38. The second kappa shape index (κ2) is 6.24. The summed E-state index contributed by atoms with van der Waals surface area (Å²) in [7, 11) is 0. The van der Waals surface area contributed by atoms with Gasteiger partial charge in [0, 0.05) is 0 Å². The Labute approximate surface area is 119 Å². The molecule has 2 N–H and O–H groups in total. The lowest BCUT2D eigenvalue weighted by Gasteiger charge is -2.12. The van der Waals surface area contributed by atoms with Crippen LogP contribution in [-0.2, 0) is 17.8 Å². The third-order valence-corrected chi connectivity index (χ3v) is 3.30. The van der Waals surface area contributed by atoms with Crippen LogP contribution in [0.25, 0.3) is 0 Å². The number of carbonyl (C=O) groups is 1. The van der Waals surface area contributed by atoms with Gasteiger partial charge in [-0.2, -0.15) is 0 Å². The molecule has 2 aromatic carbocycles. The Hall–Kier alpha value is -2.29. The van der Waals surface area contributed by atoms with Crippen LogP contribution in [0, 0.1) is 13.8 Å². The van der Waals surface area contributed by atoms with Crippen LogP contribution in [0.4, 0.5) is 0 Å². The van der Waals surface area contributed by atoms with Crippen molar-refractivity contribution in [3.8, 4) is 5.75 Å². The van der Waals surface area contributed by atoms with Gasteiger partial charge in [-0.3, -0.25) is 4.79 Å². The molecule has 0 fully saturated rings. The summed E-state index contributed by atoms with van der Waals surface area (Å²) in [5, 5.41) is 0. The first kappa shape index (κ1) is 14.1. The maximum absolute atomic E-state index is 10.9. The molecule has 20 heavy (non-hydrogen) atoms. The first-order chi connectivity index (χ1) is 9.56. The normalized spacial score (nSPS) is 10.3. The van der Waals surface area contributed by atoms with Gasteiger partial charge < -0.3 is 10.5 Å². The molecular weight excluding hydrogens is 250 g/mol. The van der Waals surface area contributed by atoms with Crippen molar-refractivity contribution in [2.24, 2.45) is 5.73 Å². The van der Waals surface area contributed by atoms with Gasteiger partial charge in [0.15, 0.2) is 0 Å². The number of primary amides is 1. The number of amides is 1. The number of nitrogens with two attached hydrogens (primary N) is 1. The van der Waals surface area contributed by atoms with E-state index in [2.05, 4.69) is 26.0 Å². The van der Waals surface area contributed by atoms with E-state index in [1.165, 1.54) is 16.7 Å². The summed E-state index contributed by atoms with van der Waals surface area (Å²) < 4.78 is 5.82. The summed E-state index contributed by atoms with van der Waals surface area (Å²) in [6.07, 6.45) is 0.237. The fourth-order valence-corrected chi connectivity index (χ4v) is 2.18. The van der Waals surface area contributed by atoms with Crippen molar-refractivity contribution >= 4 is 5.91 Å². The van der Waals surface area contributed by atoms with E-state index in [4.69, 9.17) is 10.5 Å². The molecule has 0 heterocycles. The van der Waals surface area contributed by atoms with Crippen LogP contribution in [0.5, 0.6) is 5.75 Å². The zero-order valence-electron chi connectivity index (χ0n) is 11.8. The lowest BCUT2D eigenvalue weighted by Crippen LogP contribution is -2.13. The number of hydrogen-bond acceptors (Lipinski definition) is 2. The lowest BCUT2D eigenvalue weighted by atomic mass is 10.0. The quantitative estimate of drug-likeness (QED) is 0.907. The minimum atomic E-state index is -0.336. The number of rotatable bonds is 5. The highest BCUT2D eigenvalue weighted by atomic mass is 16.5. The molecule has 0 aliphatic carbocycles. The molecule has 0 aliphatic heterocycles. The van der Waals surface area contributed by atoms with Crippen molar-refractivity contribution in [3.63, 3.8) is 0 Å². The molecule has 104 valence electrons. The molecule has 0 spiro atoms. The first-order valence-electron chi connectivity index (χ1n) is 6.61. The zero-order valence-corrected chi connectivity index (χ0v) is 11.8. The highest BCUT2D eigenvalue weighted by molar-refractivity contribution is 5.76. The van der Waals surface area contributed by atoms with E-state index in [0.29, 0.717) is 6.61 Å². The maximum Gasteiger partial charge on any atom is 0.221 e. The van der Waals surface area contributed by atoms with Gasteiger partial charge in [-0.25, -0.2) is 0 Å². The van der Waals surface area contributed by atoms with Gasteiger partial charge >= 0.3 is 0 Å². The van der Waals surface area contributed by atoms with Gasteiger partial charge in [-0.1, -0.05) is 30.3 Å². The number of ether oxygens (including phenoxy) is 1. The van der Waals surface area contributed by atoms with E-state index in [0.717, 1.165) is 11.3 Å². The molecule has 2 aromatic rings. The van der Waals surface area contributed by atoms with E-state index >= 15 is 0 Å². The standard InChI is InChI=1S/C17H19NO2/c1-12-5-3-6-13(2)16(12)11-20-15-8-4-7-14(9-15)10-17(18)19/h3-9H,10-11H2,1-2H3,(H2,18,19). The Bertz CT molecular complexity index is 600. The molecular formula is C17H19NO2. The van der Waals surface area contributed by atoms with Gasteiger partial charge in [-0.15, -0.1) is 0 Å². The first-order valence-corrected chi connectivity index (χ1v) is 6.61. The molecule has 3 nitrogen and oxygen atoms in total. The van der Waals surface area contributed by atoms with Crippen molar-refractivity contribution in [1.29, 1.82) is 0 Å². The summed E-state index contributed by atoms with van der Waals surface area (Å²) in [4.78, 5) is 10.9. The molecule has 0 aromatic heterocycles. The monoisotopic (exact) mass is 269 g/mol. The topological polar surface area (TPSA) is 52.3 Å². The van der Waals surface area contributed by atoms with Crippen molar-refractivity contribution in [3.05, 3.63) is 64.7 Å². The van der Waals surface area contributed by atoms with Crippen molar-refractivity contribution in [2.45, 2.75) is 26.9 Å². The third-order valence-electron chi connectivity index (χ3n) is 3.30. The molecule has 1 amide bonds. The second-order valence-corrected chi connectivity index (χ2v) is 4.95. The van der Waals surface area contributed by atoms with Gasteiger partial charge in [0.05, 0.1) is 6.42 Å². The Balaban J connectivity index is 2.09. The van der Waals surface area contributed by atoms with Gasteiger partial charge in [0.2, 0.25) is 5.91 Å².